The molecule has 0 saturated heterocycles. The van der Waals surface area contributed by atoms with E-state index in [9.17, 15) is 0 Å². The lowest BCUT2D eigenvalue weighted by Crippen LogP contribution is -2.22. The monoisotopic (exact) mass is 662 g/mol. The van der Waals surface area contributed by atoms with Crippen molar-refractivity contribution in [3.05, 3.63) is 173 Å². The highest BCUT2D eigenvalue weighted by atomic mass is 15.0. The van der Waals surface area contributed by atoms with Crippen LogP contribution in [0.25, 0.3) is 34.3 Å². The van der Waals surface area contributed by atoms with Gasteiger partial charge in [0.25, 0.3) is 0 Å². The number of benzene rings is 1. The molecule has 0 saturated carbocycles. The number of hydrogen-bond acceptors (Lipinski definition) is 6. The predicted molar refractivity (Wildman–Crippen MR) is 206 cm³/mol. The second-order valence-corrected chi connectivity index (χ2v) is 13.7. The third-order valence-corrected chi connectivity index (χ3v) is 10.3. The summed E-state index contributed by atoms with van der Waals surface area (Å²) < 4.78 is 0. The Morgan fingerprint density at radius 1 is 0.706 bits per heavy atom. The van der Waals surface area contributed by atoms with Gasteiger partial charge in [0.2, 0.25) is 0 Å². The summed E-state index contributed by atoms with van der Waals surface area (Å²) in [6.45, 7) is 2.22. The van der Waals surface area contributed by atoms with Crippen LogP contribution >= 0.6 is 0 Å². The maximum absolute atomic E-state index is 5.34. The third kappa shape index (κ3) is 6.23. The van der Waals surface area contributed by atoms with Crippen molar-refractivity contribution in [2.75, 3.05) is 0 Å². The third-order valence-electron chi connectivity index (χ3n) is 10.3. The molecule has 0 bridgehead atoms. The van der Waals surface area contributed by atoms with Crippen molar-refractivity contribution in [2.24, 2.45) is 10.9 Å². The molecule has 51 heavy (non-hydrogen) atoms. The Bertz CT molecular complexity index is 2300. The van der Waals surface area contributed by atoms with Gasteiger partial charge < -0.3 is 0 Å². The number of hydrogen-bond donors (Lipinski definition) is 0. The van der Waals surface area contributed by atoms with Gasteiger partial charge in [-0.05, 0) is 91.1 Å². The van der Waals surface area contributed by atoms with E-state index in [1.54, 1.807) is 6.20 Å². The summed E-state index contributed by atoms with van der Waals surface area (Å²) in [5.74, 6) is 2.50. The zero-order valence-corrected chi connectivity index (χ0v) is 28.7. The molecule has 248 valence electrons. The van der Waals surface area contributed by atoms with Crippen molar-refractivity contribution in [1.29, 1.82) is 0 Å². The van der Waals surface area contributed by atoms with Crippen LogP contribution in [0.2, 0.25) is 0 Å². The van der Waals surface area contributed by atoms with Crippen LogP contribution in [0, 0.1) is 5.92 Å². The number of nitrogens with zero attached hydrogens (tertiary/aromatic N) is 6. The molecule has 3 aromatic heterocycles. The minimum absolute atomic E-state index is 0.0254. The number of aromatic nitrogens is 5. The highest BCUT2D eigenvalue weighted by Gasteiger charge is 2.32. The molecule has 6 nitrogen and oxygen atoms in total. The van der Waals surface area contributed by atoms with Gasteiger partial charge in [-0.3, -0.25) is 9.98 Å². The summed E-state index contributed by atoms with van der Waals surface area (Å²) in [6.07, 6.45) is 33.2. The maximum Gasteiger partial charge on any atom is 0.182 e. The molecule has 5 aliphatic rings. The first-order chi connectivity index (χ1) is 25.2. The lowest BCUT2D eigenvalue weighted by atomic mass is 9.80. The standard InChI is InChI=1S/C45H38N6/c1-29-28-40(48-42-37(29)25-23-34-24-26-38(47-41(34)42)32-10-4-2-5-11-32)33-19-15-30(16-20-33)31-17-21-36(22-18-31)44-49-43(35-12-6-3-7-13-35)50-45(51-44)39-14-8-9-27-46-39/h3-4,6,8-12,14-17,19-28,31,37,42H,2,5,7,13,18H2,1H3. The SMILES string of the molecule is CC1=CC(c2ccc(C3C=CC(c4nc(C5=CC=CCC5)nc(-c5ccccn5)n4)=CC3)cc2)=NC2c3nc(C4=CCCC=C4)ccc3C=CC12. The highest BCUT2D eigenvalue weighted by molar-refractivity contribution is 6.10. The normalized spacial score (nSPS) is 21.9. The molecule has 1 aliphatic heterocycles. The van der Waals surface area contributed by atoms with Crippen LogP contribution in [0.15, 0.2) is 138 Å². The lowest BCUT2D eigenvalue weighted by molar-refractivity contribution is 0.564. The smallest absolute Gasteiger partial charge is 0.182 e. The molecule has 4 aromatic rings. The van der Waals surface area contributed by atoms with Crippen LogP contribution in [-0.2, 0) is 0 Å². The first kappa shape index (κ1) is 31.1. The van der Waals surface area contributed by atoms with E-state index >= 15 is 0 Å². The fourth-order valence-electron chi connectivity index (χ4n) is 7.49. The number of allylic oxidation sites excluding steroid dienone is 13. The number of pyridine rings is 2. The molecule has 3 unspecified atom stereocenters. The Morgan fingerprint density at radius 3 is 2.39 bits per heavy atom. The molecule has 1 aromatic carbocycles. The second-order valence-electron chi connectivity index (χ2n) is 13.7. The molecule has 4 heterocycles. The number of rotatable bonds is 6. The van der Waals surface area contributed by atoms with Gasteiger partial charge in [0.05, 0.1) is 17.1 Å². The van der Waals surface area contributed by atoms with E-state index in [2.05, 4.69) is 121 Å². The van der Waals surface area contributed by atoms with Crippen LogP contribution in [0.4, 0.5) is 0 Å². The van der Waals surface area contributed by atoms with Crippen molar-refractivity contribution in [3.63, 3.8) is 0 Å². The molecular formula is C45H38N6. The topological polar surface area (TPSA) is 76.8 Å². The maximum atomic E-state index is 5.34. The van der Waals surface area contributed by atoms with Gasteiger partial charge in [-0.15, -0.1) is 0 Å². The Balaban J connectivity index is 0.956. The zero-order valence-electron chi connectivity index (χ0n) is 28.7. The largest absolute Gasteiger partial charge is 0.274 e. The molecule has 0 fully saturated rings. The summed E-state index contributed by atoms with van der Waals surface area (Å²) in [6, 6.07) is 19.1. The summed E-state index contributed by atoms with van der Waals surface area (Å²) in [4.78, 5) is 29.7. The van der Waals surface area contributed by atoms with Crippen LogP contribution in [-0.4, -0.2) is 30.6 Å². The Kier molecular flexibility index (Phi) is 8.20. The minimum atomic E-state index is -0.0254. The number of dihydropyridines is 1. The van der Waals surface area contributed by atoms with Crippen molar-refractivity contribution in [3.8, 4) is 11.5 Å². The molecule has 4 aliphatic carbocycles. The molecular weight excluding hydrogens is 625 g/mol. The van der Waals surface area contributed by atoms with Gasteiger partial charge in [0, 0.05) is 23.6 Å². The first-order valence-electron chi connectivity index (χ1n) is 18.0. The van der Waals surface area contributed by atoms with Crippen LogP contribution in [0.1, 0.15) is 90.7 Å². The van der Waals surface area contributed by atoms with Gasteiger partial charge >= 0.3 is 0 Å². The molecule has 9 rings (SSSR count). The number of aliphatic imine (C=N–C) groups is 1. The van der Waals surface area contributed by atoms with E-state index < -0.39 is 0 Å². The molecule has 0 amide bonds. The minimum Gasteiger partial charge on any atom is -0.274 e. The zero-order chi connectivity index (χ0) is 34.1. The summed E-state index contributed by atoms with van der Waals surface area (Å²) >= 11 is 0. The molecule has 6 heteroatoms. The number of fused-ring (bicyclic) bond motifs is 3. The fraction of sp³-hybridized carbons (Fsp3) is 0.200. The average molecular weight is 663 g/mol. The summed E-state index contributed by atoms with van der Waals surface area (Å²) in [5.41, 5.74) is 12.1. The molecule has 0 radical (unpaired) electrons. The van der Waals surface area contributed by atoms with Gasteiger partial charge in [0.15, 0.2) is 17.5 Å². The van der Waals surface area contributed by atoms with Crippen molar-refractivity contribution in [2.45, 2.75) is 51.0 Å². The summed E-state index contributed by atoms with van der Waals surface area (Å²) in [7, 11) is 0. The van der Waals surface area contributed by atoms with E-state index in [1.165, 1.54) is 16.7 Å². The van der Waals surface area contributed by atoms with E-state index in [0.717, 1.165) is 83.0 Å². The Hall–Kier alpha value is -5.88. The Labute approximate surface area is 299 Å². The first-order valence-corrected chi connectivity index (χ1v) is 18.0. The lowest BCUT2D eigenvalue weighted by Gasteiger charge is -2.31. The van der Waals surface area contributed by atoms with Crippen LogP contribution < -0.4 is 0 Å². The van der Waals surface area contributed by atoms with Crippen LogP contribution in [0.5, 0.6) is 0 Å². The fourth-order valence-corrected chi connectivity index (χ4v) is 7.49. The predicted octanol–water partition coefficient (Wildman–Crippen LogP) is 10.1. The van der Waals surface area contributed by atoms with Gasteiger partial charge in [0.1, 0.15) is 11.7 Å². The van der Waals surface area contributed by atoms with Gasteiger partial charge in [-0.1, -0.05) is 109 Å². The van der Waals surface area contributed by atoms with E-state index in [-0.39, 0.29) is 17.9 Å². The van der Waals surface area contributed by atoms with E-state index in [4.69, 9.17) is 24.9 Å². The second kappa shape index (κ2) is 13.4. The molecule has 3 atom stereocenters. The van der Waals surface area contributed by atoms with Gasteiger partial charge in [-0.2, -0.15) is 0 Å². The van der Waals surface area contributed by atoms with E-state index in [0.29, 0.717) is 11.6 Å². The van der Waals surface area contributed by atoms with E-state index in [1.807, 2.05) is 18.2 Å². The Morgan fingerprint density at radius 2 is 1.61 bits per heavy atom. The van der Waals surface area contributed by atoms with Crippen molar-refractivity contribution in [1.82, 2.24) is 24.9 Å². The molecule has 0 N–H and O–H groups in total. The van der Waals surface area contributed by atoms with Crippen molar-refractivity contribution < 1.29 is 0 Å². The average Bonchev–Trinajstić information content (AvgIpc) is 3.21. The quantitative estimate of drug-likeness (QED) is 0.205. The summed E-state index contributed by atoms with van der Waals surface area (Å²) in [5, 5.41) is 0. The highest BCUT2D eigenvalue weighted by Crippen LogP contribution is 2.42. The molecule has 0 spiro atoms. The van der Waals surface area contributed by atoms with Crippen LogP contribution in [0.3, 0.4) is 0 Å². The van der Waals surface area contributed by atoms with Crippen molar-refractivity contribution >= 4 is 28.5 Å². The van der Waals surface area contributed by atoms with Gasteiger partial charge in [-0.25, -0.2) is 19.9 Å².